The summed E-state index contributed by atoms with van der Waals surface area (Å²) in [5.74, 6) is -1.22. The molecule has 0 saturated carbocycles. The SMILES string of the molecule is COC(=O)c1c(Cc2ccc(C#N)cc2)c(=O)c2ccc(F)cc2n1-c1ccccc1. The van der Waals surface area contributed by atoms with Gasteiger partial charge in [-0.2, -0.15) is 5.26 Å². The summed E-state index contributed by atoms with van der Waals surface area (Å²) in [6, 6.07) is 21.7. The zero-order chi connectivity index (χ0) is 22.0. The molecule has 0 fully saturated rings. The van der Waals surface area contributed by atoms with Crippen molar-refractivity contribution in [1.82, 2.24) is 4.57 Å². The number of rotatable bonds is 4. The number of nitriles is 1. The fourth-order valence-electron chi connectivity index (χ4n) is 3.63. The van der Waals surface area contributed by atoms with Gasteiger partial charge >= 0.3 is 5.97 Å². The first-order chi connectivity index (χ1) is 15.0. The Morgan fingerprint density at radius 2 is 1.77 bits per heavy atom. The lowest BCUT2D eigenvalue weighted by Gasteiger charge is -2.19. The van der Waals surface area contributed by atoms with E-state index in [1.54, 1.807) is 53.1 Å². The van der Waals surface area contributed by atoms with Crippen molar-refractivity contribution in [2.24, 2.45) is 0 Å². The second-order valence-corrected chi connectivity index (χ2v) is 6.97. The fourth-order valence-corrected chi connectivity index (χ4v) is 3.63. The van der Waals surface area contributed by atoms with E-state index in [2.05, 4.69) is 6.07 Å². The molecule has 0 spiro atoms. The number of aromatic nitrogens is 1. The average molecular weight is 412 g/mol. The van der Waals surface area contributed by atoms with E-state index in [1.807, 2.05) is 6.07 Å². The van der Waals surface area contributed by atoms with Gasteiger partial charge in [-0.3, -0.25) is 4.79 Å². The Labute approximate surface area is 177 Å². The van der Waals surface area contributed by atoms with Gasteiger partial charge < -0.3 is 9.30 Å². The molecule has 0 bridgehead atoms. The lowest BCUT2D eigenvalue weighted by Crippen LogP contribution is -2.24. The molecule has 6 heteroatoms. The first-order valence-electron chi connectivity index (χ1n) is 9.53. The van der Waals surface area contributed by atoms with Crippen LogP contribution in [0.4, 0.5) is 4.39 Å². The van der Waals surface area contributed by atoms with Gasteiger partial charge in [0.25, 0.3) is 0 Å². The number of fused-ring (bicyclic) bond motifs is 1. The number of esters is 1. The van der Waals surface area contributed by atoms with Gasteiger partial charge in [0.2, 0.25) is 0 Å². The maximum atomic E-state index is 14.1. The van der Waals surface area contributed by atoms with Crippen LogP contribution in [-0.4, -0.2) is 17.6 Å². The van der Waals surface area contributed by atoms with Crippen molar-refractivity contribution in [2.45, 2.75) is 6.42 Å². The third kappa shape index (κ3) is 3.69. The molecule has 0 N–H and O–H groups in total. The zero-order valence-corrected chi connectivity index (χ0v) is 16.6. The highest BCUT2D eigenvalue weighted by Gasteiger charge is 2.24. The monoisotopic (exact) mass is 412 g/mol. The van der Waals surface area contributed by atoms with Crippen molar-refractivity contribution in [1.29, 1.82) is 5.26 Å². The standard InChI is InChI=1S/C25H17FN2O3/c1-31-25(30)23-21(13-16-7-9-17(15-27)10-8-16)24(29)20-12-11-18(26)14-22(20)28(23)19-5-3-2-4-6-19/h2-12,14H,13H2,1H3. The molecule has 0 atom stereocenters. The minimum atomic E-state index is -0.698. The van der Waals surface area contributed by atoms with Crippen molar-refractivity contribution in [3.05, 3.63) is 111 Å². The molecule has 0 saturated heterocycles. The summed E-state index contributed by atoms with van der Waals surface area (Å²) in [5.41, 5.74) is 2.03. The molecule has 0 radical (unpaired) electrons. The van der Waals surface area contributed by atoms with Crippen LogP contribution in [0.3, 0.4) is 0 Å². The second-order valence-electron chi connectivity index (χ2n) is 6.97. The Morgan fingerprint density at radius 3 is 2.42 bits per heavy atom. The highest BCUT2D eigenvalue weighted by Crippen LogP contribution is 2.25. The lowest BCUT2D eigenvalue weighted by atomic mass is 9.98. The van der Waals surface area contributed by atoms with Crippen LogP contribution in [0, 0.1) is 17.1 Å². The molecule has 1 heterocycles. The van der Waals surface area contributed by atoms with Crippen LogP contribution < -0.4 is 5.43 Å². The van der Waals surface area contributed by atoms with Gasteiger partial charge in [0.1, 0.15) is 11.5 Å². The van der Waals surface area contributed by atoms with Gasteiger partial charge in [-0.25, -0.2) is 9.18 Å². The molecule has 4 rings (SSSR count). The molecular formula is C25H17FN2O3. The van der Waals surface area contributed by atoms with E-state index in [4.69, 9.17) is 10.00 Å². The van der Waals surface area contributed by atoms with Gasteiger partial charge in [0, 0.05) is 23.1 Å². The summed E-state index contributed by atoms with van der Waals surface area (Å²) in [6.45, 7) is 0. The quantitative estimate of drug-likeness (QED) is 0.467. The first kappa shape index (κ1) is 20.0. The molecule has 0 aliphatic carbocycles. The van der Waals surface area contributed by atoms with Crippen molar-refractivity contribution in [2.75, 3.05) is 7.11 Å². The van der Waals surface area contributed by atoms with E-state index in [1.165, 1.54) is 25.3 Å². The van der Waals surface area contributed by atoms with Crippen LogP contribution in [0.25, 0.3) is 16.6 Å². The second kappa shape index (κ2) is 8.25. The fraction of sp³-hybridized carbons (Fsp3) is 0.0800. The molecule has 0 aliphatic heterocycles. The number of methoxy groups -OCH3 is 1. The van der Waals surface area contributed by atoms with E-state index in [-0.39, 0.29) is 28.6 Å². The van der Waals surface area contributed by atoms with Gasteiger partial charge in [0.15, 0.2) is 5.43 Å². The summed E-state index contributed by atoms with van der Waals surface area (Å²) < 4.78 is 20.7. The van der Waals surface area contributed by atoms with E-state index >= 15 is 0 Å². The number of ether oxygens (including phenoxy) is 1. The summed E-state index contributed by atoms with van der Waals surface area (Å²) in [5, 5.41) is 9.31. The molecule has 31 heavy (non-hydrogen) atoms. The van der Waals surface area contributed by atoms with Crippen LogP contribution in [-0.2, 0) is 11.2 Å². The molecule has 0 unspecified atom stereocenters. The van der Waals surface area contributed by atoms with E-state index in [0.29, 0.717) is 16.6 Å². The minimum absolute atomic E-state index is 0.0427. The number of nitrogens with zero attached hydrogens (tertiary/aromatic N) is 2. The summed E-state index contributed by atoms with van der Waals surface area (Å²) in [7, 11) is 1.24. The number of benzene rings is 3. The molecular weight excluding hydrogens is 395 g/mol. The maximum Gasteiger partial charge on any atom is 0.355 e. The summed E-state index contributed by atoms with van der Waals surface area (Å²) >= 11 is 0. The Balaban J connectivity index is 2.08. The Kier molecular flexibility index (Phi) is 5.33. The lowest BCUT2D eigenvalue weighted by molar-refractivity contribution is 0.0590. The largest absolute Gasteiger partial charge is 0.464 e. The highest BCUT2D eigenvalue weighted by atomic mass is 19.1. The topological polar surface area (TPSA) is 72.1 Å². The third-order valence-corrected chi connectivity index (χ3v) is 5.09. The molecule has 3 aromatic carbocycles. The Bertz CT molecular complexity index is 1390. The molecule has 1 aromatic heterocycles. The third-order valence-electron chi connectivity index (χ3n) is 5.09. The smallest absolute Gasteiger partial charge is 0.355 e. The number of halogens is 1. The summed E-state index contributed by atoms with van der Waals surface area (Å²) in [4.78, 5) is 26.3. The van der Waals surface area contributed by atoms with Crippen LogP contribution in [0.2, 0.25) is 0 Å². The minimum Gasteiger partial charge on any atom is -0.464 e. The Hall–Kier alpha value is -4.24. The number of pyridine rings is 1. The number of para-hydroxylation sites is 1. The molecule has 0 aliphatic rings. The van der Waals surface area contributed by atoms with Crippen molar-refractivity contribution in [3.8, 4) is 11.8 Å². The van der Waals surface area contributed by atoms with Gasteiger partial charge in [0.05, 0.1) is 24.3 Å². The maximum absolute atomic E-state index is 14.1. The number of hydrogen-bond donors (Lipinski definition) is 0. The summed E-state index contributed by atoms with van der Waals surface area (Å²) in [6.07, 6.45) is 0.148. The van der Waals surface area contributed by atoms with E-state index < -0.39 is 11.8 Å². The Morgan fingerprint density at radius 1 is 1.06 bits per heavy atom. The van der Waals surface area contributed by atoms with Crippen molar-refractivity contribution in [3.63, 3.8) is 0 Å². The van der Waals surface area contributed by atoms with Gasteiger partial charge in [-0.05, 0) is 48.0 Å². The first-order valence-corrected chi connectivity index (χ1v) is 9.53. The average Bonchev–Trinajstić information content (AvgIpc) is 2.81. The number of carbonyl (C=O) groups is 1. The molecule has 0 amide bonds. The van der Waals surface area contributed by atoms with Gasteiger partial charge in [-0.15, -0.1) is 0 Å². The van der Waals surface area contributed by atoms with Gasteiger partial charge in [-0.1, -0.05) is 30.3 Å². The van der Waals surface area contributed by atoms with Crippen LogP contribution in [0.5, 0.6) is 0 Å². The molecule has 152 valence electrons. The van der Waals surface area contributed by atoms with Crippen LogP contribution in [0.15, 0.2) is 77.6 Å². The predicted octanol–water partition coefficient (Wildman–Crippen LogP) is 4.38. The van der Waals surface area contributed by atoms with Crippen LogP contribution >= 0.6 is 0 Å². The number of hydrogen-bond acceptors (Lipinski definition) is 4. The molecule has 5 nitrogen and oxygen atoms in total. The zero-order valence-electron chi connectivity index (χ0n) is 16.6. The van der Waals surface area contributed by atoms with Crippen molar-refractivity contribution >= 4 is 16.9 Å². The number of carbonyl (C=O) groups excluding carboxylic acids is 1. The van der Waals surface area contributed by atoms with Crippen molar-refractivity contribution < 1.29 is 13.9 Å². The van der Waals surface area contributed by atoms with E-state index in [9.17, 15) is 14.0 Å². The van der Waals surface area contributed by atoms with Crippen LogP contribution in [0.1, 0.15) is 27.2 Å². The normalized spacial score (nSPS) is 10.6. The highest BCUT2D eigenvalue weighted by molar-refractivity contribution is 5.95. The van der Waals surface area contributed by atoms with E-state index in [0.717, 1.165) is 5.56 Å². The molecule has 4 aromatic rings. The predicted molar refractivity (Wildman–Crippen MR) is 115 cm³/mol.